The first-order chi connectivity index (χ1) is 10.3. The van der Waals surface area contributed by atoms with Crippen molar-refractivity contribution in [1.29, 1.82) is 0 Å². The van der Waals surface area contributed by atoms with E-state index >= 15 is 0 Å². The number of rotatable bonds is 4. The molecule has 2 heterocycles. The number of ether oxygens (including phenoxy) is 1. The summed E-state index contributed by atoms with van der Waals surface area (Å²) < 4.78 is 5.19. The molecule has 2 N–H and O–H groups in total. The molecular weight excluding hydrogens is 409 g/mol. The Morgan fingerprint density at radius 3 is 2.77 bits per heavy atom. The summed E-state index contributed by atoms with van der Waals surface area (Å²) in [5.41, 5.74) is 2.46. The summed E-state index contributed by atoms with van der Waals surface area (Å²) >= 11 is 1.77. The van der Waals surface area contributed by atoms with Crippen molar-refractivity contribution in [3.63, 3.8) is 0 Å². The second-order valence-electron chi connectivity index (χ2n) is 4.89. The summed E-state index contributed by atoms with van der Waals surface area (Å²) in [6.07, 6.45) is 1.12. The molecule has 3 rings (SSSR count). The van der Waals surface area contributed by atoms with Gasteiger partial charge in [-0.05, 0) is 41.1 Å². The van der Waals surface area contributed by atoms with Gasteiger partial charge in [0.2, 0.25) is 0 Å². The number of halogens is 1. The predicted octanol–water partition coefficient (Wildman–Crippen LogP) is 3.48. The van der Waals surface area contributed by atoms with E-state index in [4.69, 9.17) is 4.74 Å². The van der Waals surface area contributed by atoms with Crippen LogP contribution < -0.4 is 15.4 Å². The van der Waals surface area contributed by atoms with Crippen molar-refractivity contribution >= 4 is 41.3 Å². The standard InChI is InChI=1S/C16H19N3OS.HI/c1-20-14-5-3-12(4-6-14)13-9-15(21-11-13)10-19-16-17-7-2-8-18-16;/h3-6,9,11H,2,7-8,10H2,1H3,(H2,17,18,19);1H. The van der Waals surface area contributed by atoms with Crippen LogP contribution in [0.5, 0.6) is 5.75 Å². The molecular formula is C16H20IN3OS. The van der Waals surface area contributed by atoms with Crippen LogP contribution in [-0.2, 0) is 6.54 Å². The lowest BCUT2D eigenvalue weighted by molar-refractivity contribution is 0.415. The Hall–Kier alpha value is -1.28. The van der Waals surface area contributed by atoms with Crippen molar-refractivity contribution < 1.29 is 4.74 Å². The maximum Gasteiger partial charge on any atom is 0.191 e. The lowest BCUT2D eigenvalue weighted by Gasteiger charge is -2.15. The van der Waals surface area contributed by atoms with Crippen LogP contribution in [0, 0.1) is 0 Å². The molecule has 0 atom stereocenters. The smallest absolute Gasteiger partial charge is 0.191 e. The minimum Gasteiger partial charge on any atom is -0.497 e. The van der Waals surface area contributed by atoms with Crippen LogP contribution in [0.25, 0.3) is 11.1 Å². The first kappa shape index (κ1) is 17.1. The molecule has 22 heavy (non-hydrogen) atoms. The Bertz CT molecular complexity index is 625. The zero-order valence-electron chi connectivity index (χ0n) is 12.5. The minimum absolute atomic E-state index is 0. The van der Waals surface area contributed by atoms with E-state index in [0.29, 0.717) is 0 Å². The molecule has 0 amide bonds. The second kappa shape index (κ2) is 8.38. The van der Waals surface area contributed by atoms with E-state index in [1.807, 2.05) is 12.1 Å². The van der Waals surface area contributed by atoms with Gasteiger partial charge in [-0.3, -0.25) is 4.99 Å². The molecule has 1 aliphatic heterocycles. The van der Waals surface area contributed by atoms with Gasteiger partial charge in [-0.25, -0.2) is 0 Å². The van der Waals surface area contributed by atoms with Gasteiger partial charge in [0.05, 0.1) is 13.7 Å². The van der Waals surface area contributed by atoms with Crippen molar-refractivity contribution in [2.75, 3.05) is 20.2 Å². The number of hydrogen-bond acceptors (Lipinski definition) is 5. The lowest BCUT2D eigenvalue weighted by Crippen LogP contribution is -2.40. The SMILES string of the molecule is COc1ccc(-c2csc(CNC3=NCCCN3)c2)cc1.I. The van der Waals surface area contributed by atoms with E-state index in [9.17, 15) is 0 Å². The van der Waals surface area contributed by atoms with Gasteiger partial charge in [0.1, 0.15) is 5.75 Å². The Labute approximate surface area is 152 Å². The van der Waals surface area contributed by atoms with Gasteiger partial charge < -0.3 is 15.4 Å². The maximum absolute atomic E-state index is 5.19. The van der Waals surface area contributed by atoms with E-state index in [-0.39, 0.29) is 24.0 Å². The Morgan fingerprint density at radius 2 is 2.09 bits per heavy atom. The maximum atomic E-state index is 5.19. The van der Waals surface area contributed by atoms with Crippen molar-refractivity contribution in [3.05, 3.63) is 40.6 Å². The van der Waals surface area contributed by atoms with Gasteiger partial charge >= 0.3 is 0 Å². The van der Waals surface area contributed by atoms with Crippen LogP contribution in [0.2, 0.25) is 0 Å². The number of nitrogens with one attached hydrogen (secondary N) is 2. The summed E-state index contributed by atoms with van der Waals surface area (Å²) in [4.78, 5) is 5.72. The predicted molar refractivity (Wildman–Crippen MR) is 103 cm³/mol. The normalized spacial score (nSPS) is 13.6. The Morgan fingerprint density at radius 1 is 1.27 bits per heavy atom. The van der Waals surface area contributed by atoms with Crippen LogP contribution in [-0.4, -0.2) is 26.2 Å². The highest BCUT2D eigenvalue weighted by Gasteiger charge is 2.06. The minimum atomic E-state index is 0. The molecule has 6 heteroatoms. The molecule has 2 aromatic rings. The third kappa shape index (κ3) is 4.36. The van der Waals surface area contributed by atoms with Crippen LogP contribution in [0.4, 0.5) is 0 Å². The van der Waals surface area contributed by atoms with Gasteiger partial charge in [-0.1, -0.05) is 12.1 Å². The molecule has 0 radical (unpaired) electrons. The topological polar surface area (TPSA) is 45.6 Å². The molecule has 0 aliphatic carbocycles. The Balaban J connectivity index is 0.00000176. The molecule has 0 spiro atoms. The molecule has 1 aromatic carbocycles. The van der Waals surface area contributed by atoms with Gasteiger partial charge in [-0.15, -0.1) is 35.3 Å². The van der Waals surface area contributed by atoms with Crippen LogP contribution in [0.1, 0.15) is 11.3 Å². The van der Waals surface area contributed by atoms with Crippen molar-refractivity contribution in [2.24, 2.45) is 4.99 Å². The fourth-order valence-electron chi connectivity index (χ4n) is 2.23. The van der Waals surface area contributed by atoms with E-state index in [0.717, 1.165) is 37.8 Å². The van der Waals surface area contributed by atoms with Crippen molar-refractivity contribution in [3.8, 4) is 16.9 Å². The van der Waals surface area contributed by atoms with Crippen molar-refractivity contribution in [1.82, 2.24) is 10.6 Å². The highest BCUT2D eigenvalue weighted by atomic mass is 127. The van der Waals surface area contributed by atoms with Gasteiger partial charge in [-0.2, -0.15) is 0 Å². The zero-order chi connectivity index (χ0) is 14.5. The number of thiophene rings is 1. The molecule has 1 aliphatic rings. The van der Waals surface area contributed by atoms with E-state index < -0.39 is 0 Å². The third-order valence-electron chi connectivity index (χ3n) is 3.40. The summed E-state index contributed by atoms with van der Waals surface area (Å²) in [7, 11) is 1.69. The van der Waals surface area contributed by atoms with Crippen LogP contribution in [0.3, 0.4) is 0 Å². The largest absolute Gasteiger partial charge is 0.497 e. The van der Waals surface area contributed by atoms with Crippen LogP contribution >= 0.6 is 35.3 Å². The van der Waals surface area contributed by atoms with Crippen LogP contribution in [0.15, 0.2) is 40.7 Å². The summed E-state index contributed by atoms with van der Waals surface area (Å²) in [5.74, 6) is 1.80. The van der Waals surface area contributed by atoms with E-state index in [1.54, 1.807) is 18.4 Å². The summed E-state index contributed by atoms with van der Waals surface area (Å²) in [6.45, 7) is 2.73. The van der Waals surface area contributed by atoms with E-state index in [1.165, 1.54) is 16.0 Å². The molecule has 118 valence electrons. The average molecular weight is 429 g/mol. The molecule has 1 aromatic heterocycles. The monoisotopic (exact) mass is 429 g/mol. The Kier molecular flexibility index (Phi) is 6.50. The second-order valence-corrected chi connectivity index (χ2v) is 5.89. The quantitative estimate of drug-likeness (QED) is 0.732. The highest BCUT2D eigenvalue weighted by molar-refractivity contribution is 14.0. The first-order valence-electron chi connectivity index (χ1n) is 7.09. The number of methoxy groups -OCH3 is 1. The molecule has 0 saturated heterocycles. The number of benzene rings is 1. The zero-order valence-corrected chi connectivity index (χ0v) is 15.6. The van der Waals surface area contributed by atoms with Gasteiger partial charge in [0, 0.05) is 18.0 Å². The van der Waals surface area contributed by atoms with Gasteiger partial charge in [0.25, 0.3) is 0 Å². The van der Waals surface area contributed by atoms with Gasteiger partial charge in [0.15, 0.2) is 5.96 Å². The lowest BCUT2D eigenvalue weighted by atomic mass is 10.1. The average Bonchev–Trinajstić information content (AvgIpc) is 3.03. The number of aliphatic imine (C=N–C) groups is 1. The summed E-state index contributed by atoms with van der Waals surface area (Å²) in [5, 5.41) is 8.81. The number of guanidine groups is 1. The molecule has 0 saturated carbocycles. The number of hydrogen-bond donors (Lipinski definition) is 2. The molecule has 0 bridgehead atoms. The fraction of sp³-hybridized carbons (Fsp3) is 0.312. The van der Waals surface area contributed by atoms with E-state index in [2.05, 4.69) is 39.2 Å². The summed E-state index contributed by atoms with van der Waals surface area (Å²) in [6, 6.07) is 10.4. The number of nitrogens with zero attached hydrogens (tertiary/aromatic N) is 1. The third-order valence-corrected chi connectivity index (χ3v) is 4.34. The van der Waals surface area contributed by atoms with Crippen molar-refractivity contribution in [2.45, 2.75) is 13.0 Å². The molecule has 4 nitrogen and oxygen atoms in total. The molecule has 0 unspecified atom stereocenters. The first-order valence-corrected chi connectivity index (χ1v) is 7.97. The molecule has 0 fully saturated rings. The fourth-order valence-corrected chi connectivity index (χ4v) is 3.06. The highest BCUT2D eigenvalue weighted by Crippen LogP contribution is 2.27.